The third-order valence-electron chi connectivity index (χ3n) is 3.63. The highest BCUT2D eigenvalue weighted by Gasteiger charge is 2.35. The van der Waals surface area contributed by atoms with Crippen molar-refractivity contribution in [3.63, 3.8) is 0 Å². The minimum absolute atomic E-state index is 0.0208. The molecule has 0 amide bonds. The molecule has 0 aromatic carbocycles. The standard InChI is InChI=1S/C13H19F3N4O/c14-13(15,16)11-19-9(17)7-10(20-11)18-8-12(21)5-3-1-2-4-6-12/h7,21H,1-6,8H2,(H3,17,18,19,20). The summed E-state index contributed by atoms with van der Waals surface area (Å²) < 4.78 is 37.8. The number of halogens is 3. The average molecular weight is 304 g/mol. The zero-order chi connectivity index (χ0) is 15.5. The number of aromatic nitrogens is 2. The quantitative estimate of drug-likeness (QED) is 0.747. The Morgan fingerprint density at radius 3 is 2.38 bits per heavy atom. The monoisotopic (exact) mass is 304 g/mol. The Balaban J connectivity index is 2.07. The molecule has 118 valence electrons. The predicted octanol–water partition coefficient (Wildman–Crippen LogP) is 2.57. The van der Waals surface area contributed by atoms with Gasteiger partial charge in [0.2, 0.25) is 5.82 Å². The Bertz CT molecular complexity index is 485. The van der Waals surface area contributed by atoms with Crippen LogP contribution in [0.2, 0.25) is 0 Å². The molecule has 8 heteroatoms. The first-order valence-corrected chi connectivity index (χ1v) is 6.97. The first-order valence-electron chi connectivity index (χ1n) is 6.97. The SMILES string of the molecule is Nc1cc(NCC2(O)CCCCCC2)nc(C(F)(F)F)n1. The fourth-order valence-corrected chi connectivity index (χ4v) is 2.50. The van der Waals surface area contributed by atoms with Crippen molar-refractivity contribution in [3.8, 4) is 0 Å². The van der Waals surface area contributed by atoms with E-state index in [-0.39, 0.29) is 18.2 Å². The van der Waals surface area contributed by atoms with Crippen LogP contribution in [0.25, 0.3) is 0 Å². The van der Waals surface area contributed by atoms with E-state index in [9.17, 15) is 18.3 Å². The minimum atomic E-state index is -4.65. The van der Waals surface area contributed by atoms with Crippen molar-refractivity contribution < 1.29 is 18.3 Å². The van der Waals surface area contributed by atoms with Crippen molar-refractivity contribution in [3.05, 3.63) is 11.9 Å². The second kappa shape index (κ2) is 6.05. The second-order valence-corrected chi connectivity index (χ2v) is 5.49. The number of nitrogens with one attached hydrogen (secondary N) is 1. The molecule has 0 aliphatic heterocycles. The van der Waals surface area contributed by atoms with E-state index < -0.39 is 17.6 Å². The Hall–Kier alpha value is -1.57. The molecule has 0 radical (unpaired) electrons. The lowest BCUT2D eigenvalue weighted by atomic mass is 9.94. The maximum absolute atomic E-state index is 12.6. The first-order chi connectivity index (χ1) is 9.78. The highest BCUT2D eigenvalue weighted by atomic mass is 19.4. The third kappa shape index (κ3) is 4.45. The molecule has 1 saturated carbocycles. The van der Waals surface area contributed by atoms with Gasteiger partial charge in [0.25, 0.3) is 0 Å². The molecule has 0 spiro atoms. The number of anilines is 2. The zero-order valence-corrected chi connectivity index (χ0v) is 11.6. The summed E-state index contributed by atoms with van der Waals surface area (Å²) in [6.07, 6.45) is 0.585. The molecule has 1 heterocycles. The number of hydrogen-bond acceptors (Lipinski definition) is 5. The van der Waals surface area contributed by atoms with E-state index in [2.05, 4.69) is 15.3 Å². The summed E-state index contributed by atoms with van der Waals surface area (Å²) >= 11 is 0. The summed E-state index contributed by atoms with van der Waals surface area (Å²) in [7, 11) is 0. The molecule has 1 aliphatic carbocycles. The zero-order valence-electron chi connectivity index (χ0n) is 11.6. The molecule has 0 saturated heterocycles. The van der Waals surface area contributed by atoms with E-state index in [1.165, 1.54) is 6.07 Å². The Morgan fingerprint density at radius 2 is 1.81 bits per heavy atom. The van der Waals surface area contributed by atoms with E-state index in [0.29, 0.717) is 12.8 Å². The molecular weight excluding hydrogens is 285 g/mol. The van der Waals surface area contributed by atoms with Gasteiger partial charge in [-0.1, -0.05) is 25.7 Å². The highest BCUT2D eigenvalue weighted by Crippen LogP contribution is 2.29. The lowest BCUT2D eigenvalue weighted by Crippen LogP contribution is -2.36. The topological polar surface area (TPSA) is 84.1 Å². The van der Waals surface area contributed by atoms with Crippen LogP contribution in [0.4, 0.5) is 24.8 Å². The van der Waals surface area contributed by atoms with E-state index in [1.54, 1.807) is 0 Å². The van der Waals surface area contributed by atoms with Gasteiger partial charge in [-0.2, -0.15) is 13.2 Å². The van der Waals surface area contributed by atoms with Crippen LogP contribution in [0.3, 0.4) is 0 Å². The van der Waals surface area contributed by atoms with Crippen LogP contribution in [0.5, 0.6) is 0 Å². The molecule has 0 atom stereocenters. The Labute approximate surface area is 120 Å². The molecule has 21 heavy (non-hydrogen) atoms. The van der Waals surface area contributed by atoms with E-state index >= 15 is 0 Å². The number of aliphatic hydroxyl groups is 1. The summed E-state index contributed by atoms with van der Waals surface area (Å²) in [5.74, 6) is -1.56. The molecule has 0 bridgehead atoms. The predicted molar refractivity (Wildman–Crippen MR) is 72.6 cm³/mol. The maximum Gasteiger partial charge on any atom is 0.451 e. The van der Waals surface area contributed by atoms with Crippen LogP contribution >= 0.6 is 0 Å². The van der Waals surface area contributed by atoms with Crippen LogP contribution in [-0.2, 0) is 6.18 Å². The van der Waals surface area contributed by atoms with Gasteiger partial charge in [-0.15, -0.1) is 0 Å². The summed E-state index contributed by atoms with van der Waals surface area (Å²) in [4.78, 5) is 6.58. The van der Waals surface area contributed by atoms with Gasteiger partial charge in [0, 0.05) is 12.6 Å². The molecule has 0 unspecified atom stereocenters. The smallest absolute Gasteiger partial charge is 0.388 e. The molecule has 1 aromatic heterocycles. The first kappa shape index (κ1) is 15.8. The van der Waals surface area contributed by atoms with Crippen molar-refractivity contribution >= 4 is 11.6 Å². The van der Waals surface area contributed by atoms with Crippen LogP contribution in [-0.4, -0.2) is 27.2 Å². The van der Waals surface area contributed by atoms with Crippen molar-refractivity contribution in [1.29, 1.82) is 0 Å². The fraction of sp³-hybridized carbons (Fsp3) is 0.692. The number of nitrogen functional groups attached to an aromatic ring is 1. The number of nitrogens with two attached hydrogens (primary N) is 1. The molecule has 4 N–H and O–H groups in total. The molecule has 1 aliphatic rings. The second-order valence-electron chi connectivity index (χ2n) is 5.49. The summed E-state index contributed by atoms with van der Waals surface area (Å²) in [6, 6.07) is 1.23. The van der Waals surface area contributed by atoms with Gasteiger partial charge in [-0.05, 0) is 12.8 Å². The molecule has 1 aromatic rings. The fourth-order valence-electron chi connectivity index (χ4n) is 2.50. The Kier molecular flexibility index (Phi) is 4.55. The molecule has 5 nitrogen and oxygen atoms in total. The van der Waals surface area contributed by atoms with Gasteiger partial charge in [-0.3, -0.25) is 0 Å². The van der Waals surface area contributed by atoms with E-state index in [4.69, 9.17) is 5.73 Å². The van der Waals surface area contributed by atoms with Crippen LogP contribution in [0.15, 0.2) is 6.07 Å². The number of rotatable bonds is 3. The summed E-state index contributed by atoms with van der Waals surface area (Å²) in [5, 5.41) is 13.2. The lowest BCUT2D eigenvalue weighted by molar-refractivity contribution is -0.144. The molecular formula is C13H19F3N4O. The summed E-state index contributed by atoms with van der Waals surface area (Å²) in [6.45, 7) is 0.154. The number of alkyl halides is 3. The van der Waals surface area contributed by atoms with Crippen LogP contribution < -0.4 is 11.1 Å². The van der Waals surface area contributed by atoms with Crippen molar-refractivity contribution in [2.45, 2.75) is 50.3 Å². The van der Waals surface area contributed by atoms with Crippen molar-refractivity contribution in [2.75, 3.05) is 17.6 Å². The van der Waals surface area contributed by atoms with Gasteiger partial charge in [0.1, 0.15) is 11.6 Å². The highest BCUT2D eigenvalue weighted by molar-refractivity contribution is 5.45. The van der Waals surface area contributed by atoms with E-state index in [0.717, 1.165) is 25.7 Å². The lowest BCUT2D eigenvalue weighted by Gasteiger charge is -2.27. The van der Waals surface area contributed by atoms with Gasteiger partial charge in [0.15, 0.2) is 0 Å². The van der Waals surface area contributed by atoms with Gasteiger partial charge < -0.3 is 16.2 Å². The van der Waals surface area contributed by atoms with Gasteiger partial charge in [-0.25, -0.2) is 9.97 Å². The van der Waals surface area contributed by atoms with Gasteiger partial charge >= 0.3 is 6.18 Å². The van der Waals surface area contributed by atoms with Crippen LogP contribution in [0.1, 0.15) is 44.3 Å². The molecule has 1 fully saturated rings. The number of hydrogen-bond donors (Lipinski definition) is 3. The number of nitrogens with zero attached hydrogens (tertiary/aromatic N) is 2. The average Bonchev–Trinajstić information content (AvgIpc) is 2.60. The van der Waals surface area contributed by atoms with Crippen LogP contribution in [0, 0.1) is 0 Å². The minimum Gasteiger partial charge on any atom is -0.388 e. The Morgan fingerprint density at radius 1 is 1.19 bits per heavy atom. The molecule has 2 rings (SSSR count). The maximum atomic E-state index is 12.6. The largest absolute Gasteiger partial charge is 0.451 e. The van der Waals surface area contributed by atoms with Crippen molar-refractivity contribution in [1.82, 2.24) is 9.97 Å². The van der Waals surface area contributed by atoms with E-state index in [1.807, 2.05) is 0 Å². The van der Waals surface area contributed by atoms with Crippen molar-refractivity contribution in [2.24, 2.45) is 0 Å². The van der Waals surface area contributed by atoms with Gasteiger partial charge in [0.05, 0.1) is 5.60 Å². The third-order valence-corrected chi connectivity index (χ3v) is 3.63. The summed E-state index contributed by atoms with van der Waals surface area (Å²) in [5.41, 5.74) is 4.46. The normalized spacial score (nSPS) is 19.0.